The minimum absolute atomic E-state index is 0.219. The lowest BCUT2D eigenvalue weighted by Gasteiger charge is -2.09. The number of rotatable bonds is 7. The Morgan fingerprint density at radius 2 is 1.38 bits per heavy atom. The minimum atomic E-state index is -1.23. The number of nitrogens with one attached hydrogen (secondary N) is 1. The van der Waals surface area contributed by atoms with Crippen LogP contribution >= 0.6 is 22.6 Å². The molecule has 0 aliphatic heterocycles. The summed E-state index contributed by atoms with van der Waals surface area (Å²) >= 11 is 2.20. The predicted molar refractivity (Wildman–Crippen MR) is 141 cm³/mol. The summed E-state index contributed by atoms with van der Waals surface area (Å²) in [7, 11) is 0. The first-order valence-electron chi connectivity index (χ1n) is 10.4. The number of hydrogen-bond acceptors (Lipinski definition) is 3. The number of carboxylic acids is 1. The van der Waals surface area contributed by atoms with Crippen molar-refractivity contribution in [2.75, 3.05) is 0 Å². The van der Waals surface area contributed by atoms with Crippen molar-refractivity contribution in [2.24, 2.45) is 0 Å². The largest absolute Gasteiger partial charge is 0.477 e. The number of hydrogen-bond donors (Lipinski definition) is 2. The number of ether oxygens (including phenoxy) is 1. The number of amides is 1. The van der Waals surface area contributed by atoms with Gasteiger partial charge in [-0.05, 0) is 81.8 Å². The molecule has 0 radical (unpaired) electrons. The van der Waals surface area contributed by atoms with E-state index in [0.29, 0.717) is 16.9 Å². The molecule has 4 aromatic carbocycles. The van der Waals surface area contributed by atoms with Crippen LogP contribution in [0.2, 0.25) is 0 Å². The predicted octanol–water partition coefficient (Wildman–Crippen LogP) is 6.61. The molecule has 2 N–H and O–H groups in total. The van der Waals surface area contributed by atoms with E-state index in [1.165, 1.54) is 6.08 Å². The Hall–Kier alpha value is -3.91. The van der Waals surface area contributed by atoms with E-state index >= 15 is 0 Å². The summed E-state index contributed by atoms with van der Waals surface area (Å²) in [5.74, 6) is -0.357. The van der Waals surface area contributed by atoms with E-state index in [4.69, 9.17) is 4.74 Å². The van der Waals surface area contributed by atoms with Crippen LogP contribution in [0.15, 0.2) is 109 Å². The fourth-order valence-electron chi connectivity index (χ4n) is 3.24. The van der Waals surface area contributed by atoms with Gasteiger partial charge in [-0.25, -0.2) is 4.79 Å². The van der Waals surface area contributed by atoms with E-state index in [1.54, 1.807) is 36.4 Å². The Morgan fingerprint density at radius 3 is 2.03 bits per heavy atom. The molecule has 0 saturated carbocycles. The minimum Gasteiger partial charge on any atom is -0.477 e. The van der Waals surface area contributed by atoms with E-state index in [1.807, 2.05) is 66.7 Å². The molecule has 0 aliphatic carbocycles. The third kappa shape index (κ3) is 5.90. The zero-order valence-electron chi connectivity index (χ0n) is 17.9. The lowest BCUT2D eigenvalue weighted by atomic mass is 10.0. The van der Waals surface area contributed by atoms with E-state index in [9.17, 15) is 14.7 Å². The molecule has 0 spiro atoms. The first-order chi connectivity index (χ1) is 16.5. The van der Waals surface area contributed by atoms with Gasteiger partial charge in [-0.3, -0.25) is 4.79 Å². The van der Waals surface area contributed by atoms with Gasteiger partial charge in [0.15, 0.2) is 0 Å². The van der Waals surface area contributed by atoms with Crippen LogP contribution in [-0.2, 0) is 4.79 Å². The van der Waals surface area contributed by atoms with Crippen LogP contribution in [0.5, 0.6) is 11.5 Å². The van der Waals surface area contributed by atoms with Crippen molar-refractivity contribution >= 4 is 40.5 Å². The van der Waals surface area contributed by atoms with Gasteiger partial charge in [0.05, 0.1) is 3.57 Å². The average molecular weight is 561 g/mol. The van der Waals surface area contributed by atoms with Gasteiger partial charge < -0.3 is 15.2 Å². The van der Waals surface area contributed by atoms with Crippen molar-refractivity contribution in [3.63, 3.8) is 0 Å². The lowest BCUT2D eigenvalue weighted by molar-refractivity contribution is -0.132. The second-order valence-electron chi connectivity index (χ2n) is 7.36. The van der Waals surface area contributed by atoms with Crippen LogP contribution in [-0.4, -0.2) is 17.0 Å². The highest BCUT2D eigenvalue weighted by Crippen LogP contribution is 2.27. The van der Waals surface area contributed by atoms with Gasteiger partial charge in [0.25, 0.3) is 5.91 Å². The smallest absolute Gasteiger partial charge is 0.352 e. The molecular formula is C28H20INO4. The Balaban J connectivity index is 1.46. The van der Waals surface area contributed by atoms with Crippen molar-refractivity contribution in [3.8, 4) is 22.6 Å². The molecule has 34 heavy (non-hydrogen) atoms. The molecule has 0 unspecified atom stereocenters. The second-order valence-corrected chi connectivity index (χ2v) is 8.52. The van der Waals surface area contributed by atoms with Crippen molar-refractivity contribution in [3.05, 3.63) is 124 Å². The molecule has 0 heterocycles. The molecule has 6 heteroatoms. The molecular weight excluding hydrogens is 541 g/mol. The first kappa shape index (κ1) is 23.3. The molecule has 4 rings (SSSR count). The van der Waals surface area contributed by atoms with Gasteiger partial charge in [0, 0.05) is 5.56 Å². The van der Waals surface area contributed by atoms with Gasteiger partial charge in [0.1, 0.15) is 17.2 Å². The number of aliphatic carboxylic acids is 1. The highest BCUT2D eigenvalue weighted by atomic mass is 127. The standard InChI is InChI=1S/C28H20INO4/c29-24-8-4-5-9-26(24)34-23-16-10-19(11-17-23)18-25(28(32)33)30-27(31)22-14-12-21(13-15-22)20-6-2-1-3-7-20/h1-18H,(H,30,31)(H,32,33)/b25-18-. The number of carbonyl (C=O) groups is 2. The summed E-state index contributed by atoms with van der Waals surface area (Å²) in [5, 5.41) is 12.1. The molecule has 168 valence electrons. The molecule has 1 amide bonds. The van der Waals surface area contributed by atoms with Gasteiger partial charge in [-0.15, -0.1) is 0 Å². The maximum Gasteiger partial charge on any atom is 0.352 e. The molecule has 0 aliphatic rings. The van der Waals surface area contributed by atoms with E-state index in [0.717, 1.165) is 20.4 Å². The highest BCUT2D eigenvalue weighted by Gasteiger charge is 2.14. The Kier molecular flexibility index (Phi) is 7.39. The van der Waals surface area contributed by atoms with Crippen LogP contribution in [0, 0.1) is 3.57 Å². The summed E-state index contributed by atoms with van der Waals surface area (Å²) in [6.45, 7) is 0. The maximum absolute atomic E-state index is 12.7. The third-order valence-electron chi connectivity index (χ3n) is 4.99. The summed E-state index contributed by atoms with van der Waals surface area (Å²) in [6.07, 6.45) is 1.41. The highest BCUT2D eigenvalue weighted by molar-refractivity contribution is 14.1. The van der Waals surface area contributed by atoms with E-state index in [-0.39, 0.29) is 5.70 Å². The van der Waals surface area contributed by atoms with Crippen molar-refractivity contribution in [1.82, 2.24) is 5.32 Å². The molecule has 0 fully saturated rings. The monoisotopic (exact) mass is 561 g/mol. The second kappa shape index (κ2) is 10.8. The molecule has 0 bridgehead atoms. The quantitative estimate of drug-likeness (QED) is 0.197. The zero-order valence-corrected chi connectivity index (χ0v) is 20.1. The number of para-hydroxylation sites is 1. The van der Waals surface area contributed by atoms with Crippen LogP contribution in [0.4, 0.5) is 0 Å². The Bertz CT molecular complexity index is 1330. The number of benzene rings is 4. The number of carboxylic acid groups (broad SMARTS) is 1. The van der Waals surface area contributed by atoms with E-state index in [2.05, 4.69) is 27.9 Å². The maximum atomic E-state index is 12.7. The van der Waals surface area contributed by atoms with Crippen molar-refractivity contribution in [1.29, 1.82) is 0 Å². The normalized spacial score (nSPS) is 11.0. The van der Waals surface area contributed by atoms with Gasteiger partial charge in [0.2, 0.25) is 0 Å². The average Bonchev–Trinajstić information content (AvgIpc) is 2.86. The SMILES string of the molecule is O=C(O)/C(=C/c1ccc(Oc2ccccc2I)cc1)NC(=O)c1ccc(-c2ccccc2)cc1. The third-order valence-corrected chi connectivity index (χ3v) is 5.88. The van der Waals surface area contributed by atoms with Crippen LogP contribution in [0.3, 0.4) is 0 Å². The molecule has 0 atom stereocenters. The van der Waals surface area contributed by atoms with E-state index < -0.39 is 11.9 Å². The van der Waals surface area contributed by atoms with Crippen LogP contribution in [0.25, 0.3) is 17.2 Å². The van der Waals surface area contributed by atoms with Gasteiger partial charge in [-0.1, -0.05) is 66.7 Å². The van der Waals surface area contributed by atoms with Crippen molar-refractivity contribution < 1.29 is 19.4 Å². The number of carbonyl (C=O) groups excluding carboxylic acids is 1. The fourth-order valence-corrected chi connectivity index (χ4v) is 3.74. The Labute approximate surface area is 210 Å². The van der Waals surface area contributed by atoms with Crippen LogP contribution < -0.4 is 10.1 Å². The summed E-state index contributed by atoms with van der Waals surface area (Å²) in [5.41, 5.74) is 2.78. The number of halogens is 1. The molecule has 4 aromatic rings. The first-order valence-corrected chi connectivity index (χ1v) is 11.5. The van der Waals surface area contributed by atoms with Crippen molar-refractivity contribution in [2.45, 2.75) is 0 Å². The zero-order chi connectivity index (χ0) is 23.9. The molecule has 0 saturated heterocycles. The van der Waals surface area contributed by atoms with Crippen LogP contribution in [0.1, 0.15) is 15.9 Å². The Morgan fingerprint density at radius 1 is 0.765 bits per heavy atom. The van der Waals surface area contributed by atoms with Gasteiger partial charge in [-0.2, -0.15) is 0 Å². The molecule has 5 nitrogen and oxygen atoms in total. The summed E-state index contributed by atoms with van der Waals surface area (Å²) < 4.78 is 6.85. The summed E-state index contributed by atoms with van der Waals surface area (Å²) in [4.78, 5) is 24.4. The van der Waals surface area contributed by atoms with Gasteiger partial charge >= 0.3 is 5.97 Å². The topological polar surface area (TPSA) is 75.6 Å². The summed E-state index contributed by atoms with van der Waals surface area (Å²) in [6, 6.07) is 31.4. The lowest BCUT2D eigenvalue weighted by Crippen LogP contribution is -2.27. The molecule has 0 aromatic heterocycles. The fraction of sp³-hybridized carbons (Fsp3) is 0.